The molecule has 0 bridgehead atoms. The van der Waals surface area contributed by atoms with Gasteiger partial charge in [-0.1, -0.05) is 76.2 Å². The summed E-state index contributed by atoms with van der Waals surface area (Å²) in [5.74, 6) is 0. The van der Waals surface area contributed by atoms with Crippen molar-refractivity contribution in [2.75, 3.05) is 0 Å². The van der Waals surface area contributed by atoms with E-state index in [-0.39, 0.29) is 5.41 Å². The van der Waals surface area contributed by atoms with Gasteiger partial charge in [-0.2, -0.15) is 0 Å². The fourth-order valence-electron chi connectivity index (χ4n) is 3.12. The highest BCUT2D eigenvalue weighted by molar-refractivity contribution is 5.89. The molecule has 0 saturated heterocycles. The second-order valence-electron chi connectivity index (χ2n) is 7.02. The minimum atomic E-state index is 0.218. The van der Waals surface area contributed by atoms with Crippen LogP contribution in [0.4, 0.5) is 0 Å². The molecule has 0 unspecified atom stereocenters. The van der Waals surface area contributed by atoms with Gasteiger partial charge in [0.05, 0.1) is 0 Å². The molecule has 0 heteroatoms. The molecule has 21 heavy (non-hydrogen) atoms. The monoisotopic (exact) mass is 276 g/mol. The Labute approximate surface area is 128 Å². The minimum absolute atomic E-state index is 0.218. The average molecular weight is 276 g/mol. The summed E-state index contributed by atoms with van der Waals surface area (Å²) in [5, 5.41) is 0. The van der Waals surface area contributed by atoms with E-state index in [0.717, 1.165) is 12.8 Å². The van der Waals surface area contributed by atoms with Crippen molar-refractivity contribution >= 4 is 11.6 Å². The molecule has 2 aromatic carbocycles. The lowest BCUT2D eigenvalue weighted by Crippen LogP contribution is -2.12. The zero-order chi connectivity index (χ0) is 15.0. The van der Waals surface area contributed by atoms with Crippen LogP contribution in [0.3, 0.4) is 0 Å². The number of aryl methyl sites for hydroxylation is 1. The van der Waals surface area contributed by atoms with Crippen LogP contribution >= 0.6 is 0 Å². The van der Waals surface area contributed by atoms with Crippen LogP contribution in [0.15, 0.2) is 42.5 Å². The summed E-state index contributed by atoms with van der Waals surface area (Å²) in [6, 6.07) is 15.8. The van der Waals surface area contributed by atoms with Gasteiger partial charge in [-0.25, -0.2) is 0 Å². The first kappa shape index (κ1) is 14.1. The first-order valence-electron chi connectivity index (χ1n) is 7.91. The molecule has 0 amide bonds. The minimum Gasteiger partial charge on any atom is -0.0619 e. The van der Waals surface area contributed by atoms with Crippen molar-refractivity contribution in [3.8, 4) is 0 Å². The van der Waals surface area contributed by atoms with Crippen LogP contribution in [0.5, 0.6) is 0 Å². The van der Waals surface area contributed by atoms with E-state index >= 15 is 0 Å². The van der Waals surface area contributed by atoms with Crippen LogP contribution in [0.2, 0.25) is 0 Å². The van der Waals surface area contributed by atoms with Crippen molar-refractivity contribution in [3.63, 3.8) is 0 Å². The molecule has 0 saturated carbocycles. The fraction of sp³-hybridized carbons (Fsp3) is 0.333. The summed E-state index contributed by atoms with van der Waals surface area (Å²) in [5.41, 5.74) is 8.86. The van der Waals surface area contributed by atoms with E-state index in [2.05, 4.69) is 76.2 Å². The van der Waals surface area contributed by atoms with Gasteiger partial charge in [0.1, 0.15) is 0 Å². The molecular formula is C21H24. The lowest BCUT2D eigenvalue weighted by atomic mass is 9.83. The highest BCUT2D eigenvalue weighted by atomic mass is 14.2. The molecular weight excluding hydrogens is 252 g/mol. The third-order valence-corrected chi connectivity index (χ3v) is 4.46. The van der Waals surface area contributed by atoms with E-state index in [1.54, 1.807) is 0 Å². The average Bonchev–Trinajstić information content (AvgIpc) is 2.89. The van der Waals surface area contributed by atoms with Crippen LogP contribution < -0.4 is 0 Å². The lowest BCUT2D eigenvalue weighted by molar-refractivity contribution is 0.589. The normalized spacial score (nSPS) is 14.0. The highest BCUT2D eigenvalue weighted by Crippen LogP contribution is 2.35. The van der Waals surface area contributed by atoms with Gasteiger partial charge in [0, 0.05) is 0 Å². The number of hydrogen-bond acceptors (Lipinski definition) is 0. The Bertz CT molecular complexity index is 696. The quantitative estimate of drug-likeness (QED) is 0.665. The van der Waals surface area contributed by atoms with Gasteiger partial charge in [0.2, 0.25) is 0 Å². The number of benzene rings is 2. The van der Waals surface area contributed by atoms with Crippen LogP contribution in [-0.2, 0) is 18.3 Å². The van der Waals surface area contributed by atoms with Crippen LogP contribution in [0.1, 0.15) is 55.5 Å². The fourth-order valence-corrected chi connectivity index (χ4v) is 3.12. The van der Waals surface area contributed by atoms with Crippen molar-refractivity contribution in [1.82, 2.24) is 0 Å². The maximum absolute atomic E-state index is 2.40. The summed E-state index contributed by atoms with van der Waals surface area (Å²) >= 11 is 0. The molecule has 0 aliphatic heterocycles. The van der Waals surface area contributed by atoms with Crippen molar-refractivity contribution in [3.05, 3.63) is 70.3 Å². The maximum atomic E-state index is 2.40. The summed E-state index contributed by atoms with van der Waals surface area (Å²) < 4.78 is 0. The summed E-state index contributed by atoms with van der Waals surface area (Å²) in [4.78, 5) is 0. The van der Waals surface area contributed by atoms with E-state index in [1.165, 1.54) is 33.4 Å². The maximum Gasteiger partial charge on any atom is -0.00136 e. The molecule has 0 spiro atoms. The van der Waals surface area contributed by atoms with E-state index in [1.807, 2.05) is 0 Å². The number of allylic oxidation sites excluding steroid dienone is 1. The number of fused-ring (bicyclic) bond motifs is 1. The predicted octanol–water partition coefficient (Wildman–Crippen LogP) is 5.64. The van der Waals surface area contributed by atoms with Crippen LogP contribution in [0, 0.1) is 0 Å². The molecule has 1 aliphatic carbocycles. The molecule has 2 aromatic rings. The summed E-state index contributed by atoms with van der Waals surface area (Å²) in [7, 11) is 0. The molecule has 0 aromatic heterocycles. The molecule has 0 N–H and O–H groups in total. The van der Waals surface area contributed by atoms with Gasteiger partial charge in [0.25, 0.3) is 0 Å². The van der Waals surface area contributed by atoms with E-state index in [9.17, 15) is 0 Å². The predicted molar refractivity (Wildman–Crippen MR) is 92.5 cm³/mol. The second kappa shape index (κ2) is 5.18. The number of rotatable bonds is 2. The molecule has 108 valence electrons. The Hall–Kier alpha value is -1.82. The van der Waals surface area contributed by atoms with Gasteiger partial charge in [-0.15, -0.1) is 0 Å². The largest absolute Gasteiger partial charge is 0.0619 e. The van der Waals surface area contributed by atoms with Gasteiger partial charge >= 0.3 is 0 Å². The van der Waals surface area contributed by atoms with Crippen LogP contribution in [-0.4, -0.2) is 0 Å². The van der Waals surface area contributed by atoms with Crippen molar-refractivity contribution in [1.29, 1.82) is 0 Å². The molecule has 0 heterocycles. The first-order chi connectivity index (χ1) is 9.99. The first-order valence-corrected chi connectivity index (χ1v) is 7.91. The molecule has 1 aliphatic rings. The Morgan fingerprint density at radius 3 is 2.43 bits per heavy atom. The zero-order valence-corrected chi connectivity index (χ0v) is 13.5. The second-order valence-corrected chi connectivity index (χ2v) is 7.02. The third kappa shape index (κ3) is 2.68. The Morgan fingerprint density at radius 2 is 1.76 bits per heavy atom. The Kier molecular flexibility index (Phi) is 3.49. The third-order valence-electron chi connectivity index (χ3n) is 4.46. The van der Waals surface area contributed by atoms with Crippen molar-refractivity contribution < 1.29 is 0 Å². The molecule has 0 radical (unpaired) electrons. The molecule has 0 atom stereocenters. The van der Waals surface area contributed by atoms with E-state index in [0.29, 0.717) is 0 Å². The summed E-state index contributed by atoms with van der Waals surface area (Å²) in [6.45, 7) is 9.11. The lowest BCUT2D eigenvalue weighted by Gasteiger charge is -2.21. The van der Waals surface area contributed by atoms with E-state index in [4.69, 9.17) is 0 Å². The molecule has 3 rings (SSSR count). The topological polar surface area (TPSA) is 0 Å². The van der Waals surface area contributed by atoms with Gasteiger partial charge < -0.3 is 0 Å². The van der Waals surface area contributed by atoms with Gasteiger partial charge in [-0.05, 0) is 51.6 Å². The van der Waals surface area contributed by atoms with E-state index < -0.39 is 0 Å². The molecule has 0 nitrogen and oxygen atoms in total. The highest BCUT2D eigenvalue weighted by Gasteiger charge is 2.19. The van der Waals surface area contributed by atoms with Crippen LogP contribution in [0.25, 0.3) is 11.6 Å². The number of hydrogen-bond donors (Lipinski definition) is 0. The summed E-state index contributed by atoms with van der Waals surface area (Å²) in [6.07, 6.45) is 4.52. The Balaban J connectivity index is 2.01. The van der Waals surface area contributed by atoms with Gasteiger partial charge in [-0.3, -0.25) is 0 Å². The Morgan fingerprint density at radius 1 is 1.00 bits per heavy atom. The molecule has 0 fully saturated rings. The van der Waals surface area contributed by atoms with Crippen molar-refractivity contribution in [2.45, 2.75) is 46.0 Å². The van der Waals surface area contributed by atoms with Gasteiger partial charge in [0.15, 0.2) is 0 Å². The van der Waals surface area contributed by atoms with Crippen molar-refractivity contribution in [2.24, 2.45) is 0 Å². The SMILES string of the molecule is CCc1cc(C(C)(C)C)ccc1C1=Cc2ccccc2C1. The standard InChI is InChI=1S/C21H24/c1-5-15-14-19(21(2,3)4)10-11-20(15)18-12-16-8-6-7-9-17(16)13-18/h6-12,14H,5,13H2,1-4H3. The zero-order valence-electron chi connectivity index (χ0n) is 13.5. The smallest absolute Gasteiger partial charge is 0.00136 e.